The predicted octanol–water partition coefficient (Wildman–Crippen LogP) is 3.03. The molecule has 0 spiro atoms. The van der Waals surface area contributed by atoms with Crippen LogP contribution in [0.3, 0.4) is 0 Å². The number of pyridine rings is 1. The fourth-order valence-electron chi connectivity index (χ4n) is 3.84. The molecule has 2 fully saturated rings. The number of alkyl halides is 3. The number of hydrogen-bond acceptors (Lipinski definition) is 3. The Hall–Kier alpha value is -1.61. The zero-order valence-corrected chi connectivity index (χ0v) is 11.5. The molecule has 3 nitrogen and oxygen atoms in total. The first-order chi connectivity index (χ1) is 9.93. The zero-order chi connectivity index (χ0) is 15.1. The molecule has 1 aromatic rings. The SMILES string of the molecule is N#CC1(c2cccnc2)C[C@H]2CC[C@@H](C1)N2CC(F)(F)F. The first-order valence-electron chi connectivity index (χ1n) is 7.08. The molecular weight excluding hydrogens is 279 g/mol. The van der Waals surface area contributed by atoms with Gasteiger partial charge >= 0.3 is 6.18 Å². The van der Waals surface area contributed by atoms with Gasteiger partial charge < -0.3 is 0 Å². The Bertz CT molecular complexity index is 536. The summed E-state index contributed by atoms with van der Waals surface area (Å²) < 4.78 is 38.1. The van der Waals surface area contributed by atoms with E-state index in [2.05, 4.69) is 11.1 Å². The highest BCUT2D eigenvalue weighted by molar-refractivity contribution is 5.33. The molecule has 0 amide bonds. The van der Waals surface area contributed by atoms with E-state index in [9.17, 15) is 18.4 Å². The normalized spacial score (nSPS) is 32.9. The Labute approximate surface area is 121 Å². The van der Waals surface area contributed by atoms with Crippen LogP contribution in [0.25, 0.3) is 0 Å². The van der Waals surface area contributed by atoms with E-state index in [1.54, 1.807) is 23.4 Å². The summed E-state index contributed by atoms with van der Waals surface area (Å²) in [5.74, 6) is 0. The first-order valence-corrected chi connectivity index (χ1v) is 7.08. The van der Waals surface area contributed by atoms with Gasteiger partial charge in [-0.3, -0.25) is 9.88 Å². The van der Waals surface area contributed by atoms with Crippen LogP contribution in [-0.4, -0.2) is 34.7 Å². The second-order valence-corrected chi connectivity index (χ2v) is 6.02. The van der Waals surface area contributed by atoms with Gasteiger partial charge in [-0.1, -0.05) is 6.07 Å². The summed E-state index contributed by atoms with van der Waals surface area (Å²) >= 11 is 0. The van der Waals surface area contributed by atoms with Gasteiger partial charge in [-0.25, -0.2) is 0 Å². The van der Waals surface area contributed by atoms with Crippen molar-refractivity contribution in [3.8, 4) is 6.07 Å². The topological polar surface area (TPSA) is 39.9 Å². The zero-order valence-electron chi connectivity index (χ0n) is 11.5. The molecule has 21 heavy (non-hydrogen) atoms. The molecule has 2 aliphatic heterocycles. The second kappa shape index (κ2) is 4.99. The van der Waals surface area contributed by atoms with E-state index in [4.69, 9.17) is 0 Å². The molecule has 2 bridgehead atoms. The molecule has 3 atom stereocenters. The van der Waals surface area contributed by atoms with Crippen LogP contribution < -0.4 is 0 Å². The number of piperidine rings is 1. The molecule has 3 heterocycles. The Morgan fingerprint density at radius 3 is 2.48 bits per heavy atom. The van der Waals surface area contributed by atoms with Crippen molar-refractivity contribution in [2.45, 2.75) is 49.4 Å². The third kappa shape index (κ3) is 2.62. The van der Waals surface area contributed by atoms with E-state index in [0.717, 1.165) is 18.4 Å². The number of aromatic nitrogens is 1. The number of nitrogens with zero attached hydrogens (tertiary/aromatic N) is 3. The van der Waals surface area contributed by atoms with E-state index in [-0.39, 0.29) is 12.1 Å². The molecule has 2 saturated heterocycles. The number of rotatable bonds is 2. The van der Waals surface area contributed by atoms with Crippen LogP contribution >= 0.6 is 0 Å². The lowest BCUT2D eigenvalue weighted by Gasteiger charge is -2.43. The van der Waals surface area contributed by atoms with Crippen molar-refractivity contribution in [1.82, 2.24) is 9.88 Å². The van der Waals surface area contributed by atoms with Crippen molar-refractivity contribution in [1.29, 1.82) is 5.26 Å². The summed E-state index contributed by atoms with van der Waals surface area (Å²) in [6, 6.07) is 5.68. The van der Waals surface area contributed by atoms with Gasteiger partial charge in [-0.2, -0.15) is 18.4 Å². The van der Waals surface area contributed by atoms with Crippen LogP contribution in [-0.2, 0) is 5.41 Å². The maximum atomic E-state index is 12.7. The monoisotopic (exact) mass is 295 g/mol. The highest BCUT2D eigenvalue weighted by atomic mass is 19.4. The maximum Gasteiger partial charge on any atom is 0.401 e. The molecule has 3 rings (SSSR count). The van der Waals surface area contributed by atoms with Crippen molar-refractivity contribution in [3.05, 3.63) is 30.1 Å². The predicted molar refractivity (Wildman–Crippen MR) is 70.3 cm³/mol. The molecule has 0 N–H and O–H groups in total. The third-order valence-corrected chi connectivity index (χ3v) is 4.73. The molecule has 2 aliphatic rings. The van der Waals surface area contributed by atoms with Crippen molar-refractivity contribution in [2.24, 2.45) is 0 Å². The number of fused-ring (bicyclic) bond motifs is 2. The van der Waals surface area contributed by atoms with Gasteiger partial charge in [-0.05, 0) is 37.3 Å². The van der Waals surface area contributed by atoms with Crippen LogP contribution in [0.1, 0.15) is 31.2 Å². The van der Waals surface area contributed by atoms with Crippen LogP contribution in [0.4, 0.5) is 13.2 Å². The Kier molecular flexibility index (Phi) is 3.40. The highest BCUT2D eigenvalue weighted by Gasteiger charge is 2.51. The van der Waals surface area contributed by atoms with E-state index >= 15 is 0 Å². The van der Waals surface area contributed by atoms with Gasteiger partial charge in [0.15, 0.2) is 0 Å². The van der Waals surface area contributed by atoms with Crippen molar-refractivity contribution < 1.29 is 13.2 Å². The summed E-state index contributed by atoms with van der Waals surface area (Å²) in [7, 11) is 0. The lowest BCUT2D eigenvalue weighted by molar-refractivity contribution is -0.156. The Morgan fingerprint density at radius 2 is 2.00 bits per heavy atom. The highest BCUT2D eigenvalue weighted by Crippen LogP contribution is 2.47. The summed E-state index contributed by atoms with van der Waals surface area (Å²) in [6.45, 7) is -0.864. The maximum absolute atomic E-state index is 12.7. The van der Waals surface area contributed by atoms with Crippen LogP contribution in [0.5, 0.6) is 0 Å². The van der Waals surface area contributed by atoms with Gasteiger partial charge in [0.2, 0.25) is 0 Å². The minimum Gasteiger partial charge on any atom is -0.289 e. The standard InChI is InChI=1S/C15H16F3N3/c16-15(17,18)10-21-12-3-4-13(21)7-14(6-12,9-19)11-2-1-5-20-8-11/h1-2,5,8,12-13H,3-4,6-7,10H2/t12-,13+,14?. The number of halogens is 3. The molecule has 0 aliphatic carbocycles. The average Bonchev–Trinajstić information content (AvgIpc) is 2.70. The lowest BCUT2D eigenvalue weighted by atomic mass is 9.71. The quantitative estimate of drug-likeness (QED) is 0.842. The molecule has 0 saturated carbocycles. The van der Waals surface area contributed by atoms with Gasteiger partial charge in [0.1, 0.15) is 0 Å². The lowest BCUT2D eigenvalue weighted by Crippen LogP contribution is -2.51. The minimum atomic E-state index is -4.18. The molecular formula is C15H16F3N3. The van der Waals surface area contributed by atoms with Crippen LogP contribution in [0.15, 0.2) is 24.5 Å². The number of nitriles is 1. The van der Waals surface area contributed by atoms with Gasteiger partial charge in [-0.15, -0.1) is 0 Å². The third-order valence-electron chi connectivity index (χ3n) is 4.73. The van der Waals surface area contributed by atoms with Gasteiger partial charge in [0.05, 0.1) is 18.0 Å². The van der Waals surface area contributed by atoms with E-state index in [1.165, 1.54) is 0 Å². The summed E-state index contributed by atoms with van der Waals surface area (Å²) in [4.78, 5) is 5.60. The van der Waals surface area contributed by atoms with E-state index < -0.39 is 18.1 Å². The number of hydrogen-bond donors (Lipinski definition) is 0. The minimum absolute atomic E-state index is 0.162. The molecule has 0 aromatic carbocycles. The van der Waals surface area contributed by atoms with E-state index in [1.807, 2.05) is 6.07 Å². The molecule has 1 aromatic heterocycles. The first kappa shape index (κ1) is 14.3. The second-order valence-electron chi connectivity index (χ2n) is 6.02. The smallest absolute Gasteiger partial charge is 0.289 e. The largest absolute Gasteiger partial charge is 0.401 e. The average molecular weight is 295 g/mol. The van der Waals surface area contributed by atoms with Gasteiger partial charge in [0.25, 0.3) is 0 Å². The summed E-state index contributed by atoms with van der Waals surface area (Å²) in [6.07, 6.45) is 1.53. The molecule has 6 heteroatoms. The summed E-state index contributed by atoms with van der Waals surface area (Å²) in [5, 5.41) is 9.66. The van der Waals surface area contributed by atoms with Gasteiger partial charge in [0, 0.05) is 24.5 Å². The fourth-order valence-corrected chi connectivity index (χ4v) is 3.84. The molecule has 1 unspecified atom stereocenters. The van der Waals surface area contributed by atoms with E-state index in [0.29, 0.717) is 12.8 Å². The van der Waals surface area contributed by atoms with Crippen molar-refractivity contribution in [2.75, 3.05) is 6.54 Å². The fraction of sp³-hybridized carbons (Fsp3) is 0.600. The van der Waals surface area contributed by atoms with Crippen molar-refractivity contribution >= 4 is 0 Å². The Balaban J connectivity index is 1.86. The molecule has 0 radical (unpaired) electrons. The van der Waals surface area contributed by atoms with Crippen LogP contribution in [0, 0.1) is 11.3 Å². The Morgan fingerprint density at radius 1 is 1.33 bits per heavy atom. The van der Waals surface area contributed by atoms with Crippen molar-refractivity contribution in [3.63, 3.8) is 0 Å². The molecule has 112 valence electrons. The van der Waals surface area contributed by atoms with Crippen LogP contribution in [0.2, 0.25) is 0 Å². The summed E-state index contributed by atoms with van der Waals surface area (Å²) in [5.41, 5.74) is 0.137.